The van der Waals surface area contributed by atoms with E-state index >= 15 is 0 Å². The second-order valence-electron chi connectivity index (χ2n) is 4.83. The molecular weight excluding hydrogens is 371 g/mol. The van der Waals surface area contributed by atoms with Crippen molar-refractivity contribution >= 4 is 39.1 Å². The molecule has 0 radical (unpaired) electrons. The first kappa shape index (κ1) is 16.8. The van der Waals surface area contributed by atoms with Crippen LogP contribution in [0.25, 0.3) is 0 Å². The third kappa shape index (κ3) is 4.96. The molecule has 0 amide bonds. The third-order valence-corrected chi connectivity index (χ3v) is 4.43. The van der Waals surface area contributed by atoms with Crippen LogP contribution in [0, 0.1) is 0 Å². The van der Waals surface area contributed by atoms with Crippen LogP contribution in [0.5, 0.6) is 0 Å². The van der Waals surface area contributed by atoms with Gasteiger partial charge in [-0.2, -0.15) is 0 Å². The molecule has 0 bridgehead atoms. The minimum Gasteiger partial charge on any atom is -0.314 e. The molecule has 0 aliphatic heterocycles. The molecule has 5 heteroatoms. The molecule has 1 heterocycles. The van der Waals surface area contributed by atoms with E-state index in [-0.39, 0.29) is 6.04 Å². The van der Waals surface area contributed by atoms with E-state index in [1.807, 2.05) is 36.5 Å². The minimum atomic E-state index is 0.251. The van der Waals surface area contributed by atoms with Crippen LogP contribution in [0.1, 0.15) is 18.2 Å². The molecule has 2 rings (SSSR count). The van der Waals surface area contributed by atoms with Crippen molar-refractivity contribution in [3.63, 3.8) is 0 Å². The number of aromatic nitrogens is 1. The van der Waals surface area contributed by atoms with Crippen LogP contribution in [0.2, 0.25) is 10.0 Å². The Morgan fingerprint density at radius 2 is 1.86 bits per heavy atom. The summed E-state index contributed by atoms with van der Waals surface area (Å²) in [6.07, 6.45) is 3.44. The van der Waals surface area contributed by atoms with Gasteiger partial charge in [0.25, 0.3) is 0 Å². The van der Waals surface area contributed by atoms with Gasteiger partial charge in [-0.05, 0) is 58.7 Å². The van der Waals surface area contributed by atoms with Gasteiger partial charge in [0.15, 0.2) is 0 Å². The maximum Gasteiger partial charge on any atom is 0.0453 e. The number of rotatable bonds is 6. The maximum absolute atomic E-state index is 6.26. The number of hydrogen-bond donors (Lipinski definition) is 1. The average Bonchev–Trinajstić information content (AvgIpc) is 2.45. The maximum atomic E-state index is 6.26. The number of pyridine rings is 1. The van der Waals surface area contributed by atoms with Crippen molar-refractivity contribution in [1.82, 2.24) is 10.3 Å². The highest BCUT2D eigenvalue weighted by molar-refractivity contribution is 9.10. The third-order valence-electron chi connectivity index (χ3n) is 3.25. The van der Waals surface area contributed by atoms with E-state index in [2.05, 4.69) is 33.2 Å². The molecule has 0 fully saturated rings. The van der Waals surface area contributed by atoms with Gasteiger partial charge in [-0.3, -0.25) is 4.98 Å². The van der Waals surface area contributed by atoms with Crippen LogP contribution in [-0.4, -0.2) is 17.6 Å². The SMILES string of the molecule is CCNC(Cc1ccc(Br)cn1)Cc1c(Cl)cccc1Cl. The lowest BCUT2D eigenvalue weighted by Gasteiger charge is -2.19. The van der Waals surface area contributed by atoms with Gasteiger partial charge in [0.2, 0.25) is 0 Å². The summed E-state index contributed by atoms with van der Waals surface area (Å²) in [7, 11) is 0. The smallest absolute Gasteiger partial charge is 0.0453 e. The van der Waals surface area contributed by atoms with Gasteiger partial charge in [0.05, 0.1) is 0 Å². The van der Waals surface area contributed by atoms with Crippen molar-refractivity contribution in [3.05, 3.63) is 62.3 Å². The van der Waals surface area contributed by atoms with E-state index in [4.69, 9.17) is 23.2 Å². The Labute approximate surface area is 144 Å². The highest BCUT2D eigenvalue weighted by atomic mass is 79.9. The molecule has 0 aliphatic rings. The molecule has 1 unspecified atom stereocenters. The summed E-state index contributed by atoms with van der Waals surface area (Å²) >= 11 is 15.9. The van der Waals surface area contributed by atoms with Crippen molar-refractivity contribution in [2.75, 3.05) is 6.54 Å². The van der Waals surface area contributed by atoms with Crippen molar-refractivity contribution in [2.45, 2.75) is 25.8 Å². The van der Waals surface area contributed by atoms with Crippen LogP contribution in [0.15, 0.2) is 41.0 Å². The molecule has 1 aromatic heterocycles. The molecule has 0 saturated carbocycles. The van der Waals surface area contributed by atoms with Crippen molar-refractivity contribution in [3.8, 4) is 0 Å². The second-order valence-corrected chi connectivity index (χ2v) is 6.56. The molecular formula is C16H17BrCl2N2. The molecule has 112 valence electrons. The summed E-state index contributed by atoms with van der Waals surface area (Å²) < 4.78 is 0.986. The van der Waals surface area contributed by atoms with Crippen LogP contribution in [0.3, 0.4) is 0 Å². The van der Waals surface area contributed by atoms with Crippen molar-refractivity contribution in [1.29, 1.82) is 0 Å². The van der Waals surface area contributed by atoms with Crippen LogP contribution in [0.4, 0.5) is 0 Å². The molecule has 21 heavy (non-hydrogen) atoms. The van der Waals surface area contributed by atoms with E-state index < -0.39 is 0 Å². The summed E-state index contributed by atoms with van der Waals surface area (Å²) in [5, 5.41) is 4.91. The lowest BCUT2D eigenvalue weighted by atomic mass is 10.0. The molecule has 2 aromatic rings. The average molecular weight is 388 g/mol. The monoisotopic (exact) mass is 386 g/mol. The van der Waals surface area contributed by atoms with Gasteiger partial charge in [0.1, 0.15) is 0 Å². The summed E-state index contributed by atoms with van der Waals surface area (Å²) in [5.41, 5.74) is 2.04. The second kappa shape index (κ2) is 8.14. The molecule has 1 N–H and O–H groups in total. The zero-order valence-corrected chi connectivity index (χ0v) is 14.8. The zero-order valence-electron chi connectivity index (χ0n) is 11.7. The fourth-order valence-corrected chi connectivity index (χ4v) is 3.04. The fourth-order valence-electron chi connectivity index (χ4n) is 2.26. The lowest BCUT2D eigenvalue weighted by molar-refractivity contribution is 0.516. The van der Waals surface area contributed by atoms with Gasteiger partial charge in [0, 0.05) is 38.9 Å². The topological polar surface area (TPSA) is 24.9 Å². The van der Waals surface area contributed by atoms with Gasteiger partial charge in [-0.1, -0.05) is 36.2 Å². The van der Waals surface area contributed by atoms with Gasteiger partial charge >= 0.3 is 0 Å². The summed E-state index contributed by atoms with van der Waals surface area (Å²) in [4.78, 5) is 4.43. The number of benzene rings is 1. The summed E-state index contributed by atoms with van der Waals surface area (Å²) in [5.74, 6) is 0. The van der Waals surface area contributed by atoms with E-state index in [9.17, 15) is 0 Å². The largest absolute Gasteiger partial charge is 0.314 e. The van der Waals surface area contributed by atoms with E-state index in [0.717, 1.165) is 35.1 Å². The Morgan fingerprint density at radius 3 is 2.43 bits per heavy atom. The summed E-state index contributed by atoms with van der Waals surface area (Å²) in [6, 6.07) is 9.91. The first-order valence-electron chi connectivity index (χ1n) is 6.87. The van der Waals surface area contributed by atoms with Crippen molar-refractivity contribution in [2.24, 2.45) is 0 Å². The molecule has 1 aromatic carbocycles. The molecule has 0 aliphatic carbocycles. The highest BCUT2D eigenvalue weighted by Gasteiger charge is 2.14. The lowest BCUT2D eigenvalue weighted by Crippen LogP contribution is -2.33. The summed E-state index contributed by atoms with van der Waals surface area (Å²) in [6.45, 7) is 2.99. The predicted octanol–water partition coefficient (Wildman–Crippen LogP) is 4.91. The quantitative estimate of drug-likeness (QED) is 0.761. The van der Waals surface area contributed by atoms with Crippen LogP contribution < -0.4 is 5.32 Å². The van der Waals surface area contributed by atoms with E-state index in [1.165, 1.54) is 0 Å². The Bertz CT molecular complexity index is 567. The Balaban J connectivity index is 2.13. The Kier molecular flexibility index (Phi) is 6.49. The molecule has 0 spiro atoms. The molecule has 2 nitrogen and oxygen atoms in total. The number of hydrogen-bond acceptors (Lipinski definition) is 2. The van der Waals surface area contributed by atoms with Crippen LogP contribution in [-0.2, 0) is 12.8 Å². The number of likely N-dealkylation sites (N-methyl/N-ethyl adjacent to an activating group) is 1. The predicted molar refractivity (Wildman–Crippen MR) is 93.3 cm³/mol. The van der Waals surface area contributed by atoms with E-state index in [1.54, 1.807) is 0 Å². The molecule has 1 atom stereocenters. The Morgan fingerprint density at radius 1 is 1.14 bits per heavy atom. The van der Waals surface area contributed by atoms with Gasteiger partial charge < -0.3 is 5.32 Å². The molecule has 0 saturated heterocycles. The normalized spacial score (nSPS) is 12.4. The minimum absolute atomic E-state index is 0.251. The first-order chi connectivity index (χ1) is 10.1. The van der Waals surface area contributed by atoms with Gasteiger partial charge in [-0.25, -0.2) is 0 Å². The zero-order chi connectivity index (χ0) is 15.2. The highest BCUT2D eigenvalue weighted by Crippen LogP contribution is 2.26. The van der Waals surface area contributed by atoms with Crippen LogP contribution >= 0.6 is 39.1 Å². The number of halogens is 3. The number of nitrogens with one attached hydrogen (secondary N) is 1. The first-order valence-corrected chi connectivity index (χ1v) is 8.41. The van der Waals surface area contributed by atoms with Gasteiger partial charge in [-0.15, -0.1) is 0 Å². The number of nitrogens with zero attached hydrogens (tertiary/aromatic N) is 1. The van der Waals surface area contributed by atoms with Crippen molar-refractivity contribution < 1.29 is 0 Å². The fraction of sp³-hybridized carbons (Fsp3) is 0.312. The van der Waals surface area contributed by atoms with E-state index in [0.29, 0.717) is 10.0 Å². The Hall–Kier alpha value is -0.610. The standard InChI is InChI=1S/C16H17BrCl2N2/c1-2-20-13(8-12-7-6-11(17)10-21-12)9-14-15(18)4-3-5-16(14)19/h3-7,10,13,20H,2,8-9H2,1H3.